The van der Waals surface area contributed by atoms with Crippen LogP contribution in [0.25, 0.3) is 0 Å². The van der Waals surface area contributed by atoms with Crippen LogP contribution in [0.2, 0.25) is 0 Å². The number of fused-ring (bicyclic) bond motifs is 1. The van der Waals surface area contributed by atoms with E-state index >= 15 is 0 Å². The van der Waals surface area contributed by atoms with Gasteiger partial charge in [-0.25, -0.2) is 0 Å². The van der Waals surface area contributed by atoms with Crippen molar-refractivity contribution in [2.24, 2.45) is 0 Å². The van der Waals surface area contributed by atoms with Gasteiger partial charge in [-0.15, -0.1) is 0 Å². The summed E-state index contributed by atoms with van der Waals surface area (Å²) in [4.78, 5) is 9.93. The molecule has 0 atom stereocenters. The summed E-state index contributed by atoms with van der Waals surface area (Å²) in [5, 5.41) is 0. The molecule has 4 nitrogen and oxygen atoms in total. The molecule has 0 N–H and O–H groups in total. The van der Waals surface area contributed by atoms with Crippen LogP contribution in [0, 0.1) is 55.4 Å². The second kappa shape index (κ2) is 10.3. The Hall–Kier alpha value is -4.18. The van der Waals surface area contributed by atoms with Crippen molar-refractivity contribution < 1.29 is 0 Å². The van der Waals surface area contributed by atoms with Gasteiger partial charge in [-0.1, -0.05) is 41.5 Å². The lowest BCUT2D eigenvalue weighted by Gasteiger charge is -2.28. The highest BCUT2D eigenvalue weighted by molar-refractivity contribution is 5.90. The molecule has 42 heavy (non-hydrogen) atoms. The Bertz CT molecular complexity index is 1720. The van der Waals surface area contributed by atoms with E-state index in [0.29, 0.717) is 0 Å². The number of benzene rings is 4. The largest absolute Gasteiger partial charge is 0.325 e. The van der Waals surface area contributed by atoms with Crippen LogP contribution < -0.4 is 19.6 Å². The van der Waals surface area contributed by atoms with Crippen LogP contribution in [0.3, 0.4) is 0 Å². The molecule has 4 heteroatoms. The van der Waals surface area contributed by atoms with Gasteiger partial charge in [0, 0.05) is 34.1 Å². The van der Waals surface area contributed by atoms with Gasteiger partial charge in [-0.05, 0) is 133 Å². The molecular formula is C38H44N4. The SMILES string of the molecule is CC1=C(C)N(c2c(C)cc(C)cc2C)CN1c1cccc(N2CN(c3c(C)cc(C)cc3C)c3cc(C)c(C)cc32)c1. The van der Waals surface area contributed by atoms with Crippen molar-refractivity contribution >= 4 is 34.1 Å². The van der Waals surface area contributed by atoms with Gasteiger partial charge in [0.2, 0.25) is 0 Å². The smallest absolute Gasteiger partial charge is 0.100 e. The van der Waals surface area contributed by atoms with E-state index in [0.717, 1.165) is 13.3 Å². The van der Waals surface area contributed by atoms with Gasteiger partial charge in [0.05, 0.1) is 18.0 Å². The maximum Gasteiger partial charge on any atom is 0.100 e. The Morgan fingerprint density at radius 1 is 0.405 bits per heavy atom. The second-order valence-corrected chi connectivity index (χ2v) is 12.6. The fraction of sp³-hybridized carbons (Fsp3) is 0.316. The van der Waals surface area contributed by atoms with Gasteiger partial charge in [-0.2, -0.15) is 0 Å². The van der Waals surface area contributed by atoms with Crippen molar-refractivity contribution in [1.82, 2.24) is 0 Å². The van der Waals surface area contributed by atoms with E-state index in [4.69, 9.17) is 0 Å². The molecule has 4 aromatic rings. The maximum absolute atomic E-state index is 2.51. The van der Waals surface area contributed by atoms with Crippen LogP contribution in [0.4, 0.5) is 34.1 Å². The van der Waals surface area contributed by atoms with Crippen molar-refractivity contribution in [3.05, 3.63) is 117 Å². The summed E-state index contributed by atoms with van der Waals surface area (Å²) in [7, 11) is 0. The van der Waals surface area contributed by atoms with Crippen molar-refractivity contribution in [2.75, 3.05) is 32.9 Å². The third-order valence-corrected chi connectivity index (χ3v) is 9.34. The predicted octanol–water partition coefficient (Wildman–Crippen LogP) is 9.94. The summed E-state index contributed by atoms with van der Waals surface area (Å²) >= 11 is 0. The Balaban J connectivity index is 1.39. The topological polar surface area (TPSA) is 13.0 Å². The molecule has 2 aliphatic rings. The molecule has 0 aliphatic carbocycles. The molecular weight excluding hydrogens is 512 g/mol. The second-order valence-electron chi connectivity index (χ2n) is 12.6. The molecule has 0 amide bonds. The van der Waals surface area contributed by atoms with Gasteiger partial charge in [-0.3, -0.25) is 0 Å². The minimum Gasteiger partial charge on any atom is -0.325 e. The van der Waals surface area contributed by atoms with Crippen LogP contribution in [0.5, 0.6) is 0 Å². The summed E-state index contributed by atoms with van der Waals surface area (Å²) in [6, 6.07) is 23.0. The number of hydrogen-bond acceptors (Lipinski definition) is 4. The lowest BCUT2D eigenvalue weighted by atomic mass is 10.0. The van der Waals surface area contributed by atoms with Crippen LogP contribution in [-0.4, -0.2) is 13.3 Å². The average Bonchev–Trinajstić information content (AvgIpc) is 3.40. The Labute approximate surface area is 252 Å². The van der Waals surface area contributed by atoms with E-state index in [1.54, 1.807) is 0 Å². The number of nitrogens with zero attached hydrogens (tertiary/aromatic N) is 4. The molecule has 0 bridgehead atoms. The van der Waals surface area contributed by atoms with Crippen molar-refractivity contribution in [2.45, 2.75) is 69.2 Å². The zero-order chi connectivity index (χ0) is 30.0. The number of hydrogen-bond donors (Lipinski definition) is 0. The molecule has 2 aliphatic heterocycles. The molecule has 0 saturated carbocycles. The standard InChI is InChI=1S/C38H44N4/c1-23-14-27(5)37(28(6)15-23)40-21-39(31(9)32(40)10)33-12-11-13-34(20-33)41-22-42(36-19-26(4)25(3)18-35(36)41)38-29(7)16-24(2)17-30(38)8/h11-20H,21-22H2,1-10H3. The number of allylic oxidation sites excluding steroid dienone is 2. The number of anilines is 6. The molecule has 0 spiro atoms. The van der Waals surface area contributed by atoms with Gasteiger partial charge < -0.3 is 19.6 Å². The number of rotatable bonds is 4. The normalized spacial score (nSPS) is 14.9. The average molecular weight is 557 g/mol. The summed E-state index contributed by atoms with van der Waals surface area (Å²) in [5.41, 5.74) is 20.8. The van der Waals surface area contributed by atoms with E-state index in [1.165, 1.54) is 90.0 Å². The lowest BCUT2D eigenvalue weighted by Crippen LogP contribution is -2.28. The third kappa shape index (κ3) is 4.54. The number of aryl methyl sites for hydroxylation is 8. The van der Waals surface area contributed by atoms with Crippen LogP contribution in [0.1, 0.15) is 58.4 Å². The Morgan fingerprint density at radius 3 is 1.33 bits per heavy atom. The van der Waals surface area contributed by atoms with Gasteiger partial charge in [0.25, 0.3) is 0 Å². The fourth-order valence-electron chi connectivity index (χ4n) is 7.21. The van der Waals surface area contributed by atoms with E-state index in [2.05, 4.69) is 150 Å². The van der Waals surface area contributed by atoms with Crippen molar-refractivity contribution in [3.8, 4) is 0 Å². The first-order chi connectivity index (χ1) is 19.9. The lowest BCUT2D eigenvalue weighted by molar-refractivity contribution is 0.926. The predicted molar refractivity (Wildman–Crippen MR) is 181 cm³/mol. The van der Waals surface area contributed by atoms with Crippen LogP contribution in [-0.2, 0) is 0 Å². The minimum absolute atomic E-state index is 0.786. The molecule has 0 saturated heterocycles. The monoisotopic (exact) mass is 556 g/mol. The van der Waals surface area contributed by atoms with E-state index in [9.17, 15) is 0 Å². The van der Waals surface area contributed by atoms with Crippen molar-refractivity contribution in [3.63, 3.8) is 0 Å². The zero-order valence-electron chi connectivity index (χ0n) is 27.0. The summed E-state index contributed by atoms with van der Waals surface area (Å²) in [6.07, 6.45) is 0. The minimum atomic E-state index is 0.786. The maximum atomic E-state index is 2.51. The Kier molecular flexibility index (Phi) is 6.84. The molecule has 0 unspecified atom stereocenters. The third-order valence-electron chi connectivity index (χ3n) is 9.34. The van der Waals surface area contributed by atoms with E-state index < -0.39 is 0 Å². The summed E-state index contributed by atoms with van der Waals surface area (Å²) in [6.45, 7) is 23.9. The highest BCUT2D eigenvalue weighted by Crippen LogP contribution is 2.48. The Morgan fingerprint density at radius 2 is 0.810 bits per heavy atom. The summed E-state index contributed by atoms with van der Waals surface area (Å²) < 4.78 is 0. The molecule has 0 fully saturated rings. The molecule has 0 aromatic heterocycles. The molecule has 6 rings (SSSR count). The summed E-state index contributed by atoms with van der Waals surface area (Å²) in [5.74, 6) is 0. The highest BCUT2D eigenvalue weighted by Gasteiger charge is 2.32. The molecule has 2 heterocycles. The van der Waals surface area contributed by atoms with Crippen LogP contribution >= 0.6 is 0 Å². The van der Waals surface area contributed by atoms with Crippen molar-refractivity contribution in [1.29, 1.82) is 0 Å². The highest BCUT2D eigenvalue weighted by atomic mass is 15.4. The molecule has 0 radical (unpaired) electrons. The van der Waals surface area contributed by atoms with E-state index in [1.807, 2.05) is 0 Å². The zero-order valence-corrected chi connectivity index (χ0v) is 27.0. The molecule has 4 aromatic carbocycles. The quantitative estimate of drug-likeness (QED) is 0.248. The van der Waals surface area contributed by atoms with Crippen LogP contribution in [0.15, 0.2) is 72.1 Å². The fourth-order valence-corrected chi connectivity index (χ4v) is 7.21. The van der Waals surface area contributed by atoms with Gasteiger partial charge in [0.15, 0.2) is 0 Å². The van der Waals surface area contributed by atoms with Gasteiger partial charge in [0.1, 0.15) is 6.67 Å². The first-order valence-corrected chi connectivity index (χ1v) is 15.1. The first kappa shape index (κ1) is 28.0. The van der Waals surface area contributed by atoms with Gasteiger partial charge >= 0.3 is 0 Å². The van der Waals surface area contributed by atoms with E-state index in [-0.39, 0.29) is 0 Å². The molecule has 216 valence electrons. The first-order valence-electron chi connectivity index (χ1n) is 15.1.